The van der Waals surface area contributed by atoms with E-state index < -0.39 is 5.41 Å². The minimum Gasteiger partial charge on any atom is -0.367 e. The van der Waals surface area contributed by atoms with Crippen molar-refractivity contribution in [3.63, 3.8) is 0 Å². The molecule has 5 heteroatoms. The molecule has 0 radical (unpaired) electrons. The molecular formula is C12H23ClN2O2. The first-order valence-corrected chi connectivity index (χ1v) is 6.70. The van der Waals surface area contributed by atoms with Crippen LogP contribution in [0.1, 0.15) is 34.1 Å². The van der Waals surface area contributed by atoms with Crippen LogP contribution >= 0.6 is 11.6 Å². The van der Waals surface area contributed by atoms with E-state index in [0.29, 0.717) is 12.4 Å². The molecule has 1 heterocycles. The van der Waals surface area contributed by atoms with Crippen LogP contribution in [-0.2, 0) is 9.63 Å². The van der Waals surface area contributed by atoms with Crippen molar-refractivity contribution in [2.75, 3.05) is 19.0 Å². The van der Waals surface area contributed by atoms with Gasteiger partial charge in [0.1, 0.15) is 0 Å². The largest absolute Gasteiger partial charge is 0.367 e. The number of carbonyl (C=O) groups is 1. The number of alkyl halides is 1. The molecule has 2 atom stereocenters. The molecule has 0 spiro atoms. The van der Waals surface area contributed by atoms with E-state index in [4.69, 9.17) is 16.4 Å². The molecule has 2 unspecified atom stereocenters. The van der Waals surface area contributed by atoms with Gasteiger partial charge in [-0.25, -0.2) is 4.79 Å². The SMILES string of the molecule is CCC1CNC(CCl)CN1OC(=O)C(C)(C)C. The molecule has 1 fully saturated rings. The molecule has 1 rings (SSSR count). The highest BCUT2D eigenvalue weighted by atomic mass is 35.5. The monoisotopic (exact) mass is 262 g/mol. The van der Waals surface area contributed by atoms with Crippen molar-refractivity contribution in [1.82, 2.24) is 10.4 Å². The minimum absolute atomic E-state index is 0.187. The van der Waals surface area contributed by atoms with Crippen molar-refractivity contribution < 1.29 is 9.63 Å². The number of nitrogens with one attached hydrogen (secondary N) is 1. The third-order valence-corrected chi connectivity index (χ3v) is 3.29. The quantitative estimate of drug-likeness (QED) is 0.788. The van der Waals surface area contributed by atoms with E-state index in [0.717, 1.165) is 13.0 Å². The van der Waals surface area contributed by atoms with Crippen molar-refractivity contribution in [3.8, 4) is 0 Å². The van der Waals surface area contributed by atoms with Crippen LogP contribution in [0.2, 0.25) is 0 Å². The van der Waals surface area contributed by atoms with Crippen LogP contribution in [0.3, 0.4) is 0 Å². The maximum atomic E-state index is 11.9. The van der Waals surface area contributed by atoms with E-state index in [1.807, 2.05) is 20.8 Å². The summed E-state index contributed by atoms with van der Waals surface area (Å²) < 4.78 is 0. The van der Waals surface area contributed by atoms with Gasteiger partial charge >= 0.3 is 5.97 Å². The van der Waals surface area contributed by atoms with Gasteiger partial charge in [-0.2, -0.15) is 0 Å². The number of hydroxylamine groups is 2. The number of hydrogen-bond donors (Lipinski definition) is 1. The summed E-state index contributed by atoms with van der Waals surface area (Å²) in [4.78, 5) is 17.4. The van der Waals surface area contributed by atoms with Gasteiger partial charge in [-0.1, -0.05) is 6.92 Å². The number of piperazine rings is 1. The zero-order valence-electron chi connectivity index (χ0n) is 11.1. The highest BCUT2D eigenvalue weighted by Gasteiger charge is 2.32. The number of nitrogens with zero attached hydrogens (tertiary/aromatic N) is 1. The predicted molar refractivity (Wildman–Crippen MR) is 68.8 cm³/mol. The smallest absolute Gasteiger partial charge is 0.330 e. The standard InChI is InChI=1S/C12H23ClN2O2/c1-5-10-7-14-9(6-13)8-15(10)17-11(16)12(2,3)4/h9-10,14H,5-8H2,1-4H3. The molecule has 0 aliphatic carbocycles. The average Bonchev–Trinajstić information content (AvgIpc) is 2.27. The fraction of sp³-hybridized carbons (Fsp3) is 0.917. The molecule has 1 aliphatic heterocycles. The van der Waals surface area contributed by atoms with Crippen LogP contribution in [0.15, 0.2) is 0 Å². The average molecular weight is 263 g/mol. The Labute approximate surface area is 109 Å². The number of rotatable bonds is 3. The molecule has 0 saturated carbocycles. The molecule has 1 aliphatic rings. The third-order valence-electron chi connectivity index (χ3n) is 2.92. The second-order valence-electron chi connectivity index (χ2n) is 5.55. The first-order chi connectivity index (χ1) is 7.88. The normalized spacial score (nSPS) is 26.9. The van der Waals surface area contributed by atoms with Crippen molar-refractivity contribution in [2.45, 2.75) is 46.2 Å². The summed E-state index contributed by atoms with van der Waals surface area (Å²) in [5.74, 6) is 0.339. The van der Waals surface area contributed by atoms with Crippen LogP contribution in [-0.4, -0.2) is 42.1 Å². The lowest BCUT2D eigenvalue weighted by Crippen LogP contribution is -2.57. The highest BCUT2D eigenvalue weighted by Crippen LogP contribution is 2.19. The molecule has 1 saturated heterocycles. The van der Waals surface area contributed by atoms with Gasteiger partial charge in [0, 0.05) is 18.5 Å². The zero-order chi connectivity index (χ0) is 13.1. The molecule has 100 valence electrons. The molecular weight excluding hydrogens is 240 g/mol. The van der Waals surface area contributed by atoms with Crippen molar-refractivity contribution >= 4 is 17.6 Å². The Kier molecular flexibility index (Phi) is 5.22. The van der Waals surface area contributed by atoms with Crippen molar-refractivity contribution in [2.24, 2.45) is 5.41 Å². The maximum absolute atomic E-state index is 11.9. The van der Waals surface area contributed by atoms with Crippen molar-refractivity contribution in [3.05, 3.63) is 0 Å². The number of hydrogen-bond acceptors (Lipinski definition) is 4. The fourth-order valence-electron chi connectivity index (χ4n) is 1.64. The Morgan fingerprint density at radius 2 is 2.18 bits per heavy atom. The minimum atomic E-state index is -0.473. The topological polar surface area (TPSA) is 41.6 Å². The Morgan fingerprint density at radius 1 is 1.53 bits per heavy atom. The Hall–Kier alpha value is -0.320. The van der Waals surface area contributed by atoms with Crippen LogP contribution in [0.5, 0.6) is 0 Å². The fourth-order valence-corrected chi connectivity index (χ4v) is 1.85. The lowest BCUT2D eigenvalue weighted by Gasteiger charge is -2.38. The summed E-state index contributed by atoms with van der Waals surface area (Å²) in [6.07, 6.45) is 0.944. The van der Waals surface area contributed by atoms with E-state index in [9.17, 15) is 4.79 Å². The predicted octanol–water partition coefficient (Wildman–Crippen LogP) is 1.78. The Balaban J connectivity index is 2.61. The van der Waals surface area contributed by atoms with Gasteiger partial charge in [0.2, 0.25) is 0 Å². The molecule has 4 nitrogen and oxygen atoms in total. The van der Waals surface area contributed by atoms with E-state index in [-0.39, 0.29) is 18.1 Å². The second-order valence-corrected chi connectivity index (χ2v) is 5.86. The molecule has 17 heavy (non-hydrogen) atoms. The van der Waals surface area contributed by atoms with E-state index >= 15 is 0 Å². The van der Waals surface area contributed by atoms with Gasteiger partial charge in [-0.3, -0.25) is 0 Å². The Bertz CT molecular complexity index is 266. The molecule has 0 aromatic heterocycles. The molecule has 0 aromatic carbocycles. The lowest BCUT2D eigenvalue weighted by molar-refractivity contribution is -0.217. The van der Waals surface area contributed by atoms with Crippen LogP contribution in [0.4, 0.5) is 0 Å². The van der Waals surface area contributed by atoms with Gasteiger partial charge < -0.3 is 10.2 Å². The second kappa shape index (κ2) is 6.03. The maximum Gasteiger partial charge on any atom is 0.330 e. The van der Waals surface area contributed by atoms with Crippen LogP contribution in [0, 0.1) is 5.41 Å². The van der Waals surface area contributed by atoms with E-state index in [1.54, 1.807) is 5.06 Å². The van der Waals surface area contributed by atoms with Gasteiger partial charge in [-0.15, -0.1) is 16.7 Å². The molecule has 0 bridgehead atoms. The molecule has 0 amide bonds. The first-order valence-electron chi connectivity index (χ1n) is 6.16. The van der Waals surface area contributed by atoms with Gasteiger partial charge in [0.05, 0.1) is 18.0 Å². The summed E-state index contributed by atoms with van der Waals surface area (Å²) in [5, 5.41) is 5.14. The number of halogens is 1. The van der Waals surface area contributed by atoms with Gasteiger partial charge in [-0.05, 0) is 27.2 Å². The summed E-state index contributed by atoms with van der Waals surface area (Å²) in [5.41, 5.74) is -0.473. The molecule has 0 aromatic rings. The van der Waals surface area contributed by atoms with Gasteiger partial charge in [0.25, 0.3) is 0 Å². The zero-order valence-corrected chi connectivity index (χ0v) is 11.9. The summed E-state index contributed by atoms with van der Waals surface area (Å²) in [6, 6.07) is 0.424. The third kappa shape index (κ3) is 4.12. The molecule has 1 N–H and O–H groups in total. The van der Waals surface area contributed by atoms with E-state index in [1.165, 1.54) is 0 Å². The summed E-state index contributed by atoms with van der Waals surface area (Å²) in [6.45, 7) is 9.13. The van der Waals surface area contributed by atoms with Crippen LogP contribution in [0.25, 0.3) is 0 Å². The lowest BCUT2D eigenvalue weighted by atomic mass is 9.98. The van der Waals surface area contributed by atoms with E-state index in [2.05, 4.69) is 12.2 Å². The summed E-state index contributed by atoms with van der Waals surface area (Å²) >= 11 is 5.83. The first kappa shape index (κ1) is 14.7. The van der Waals surface area contributed by atoms with Gasteiger partial charge in [0.15, 0.2) is 0 Å². The highest BCUT2D eigenvalue weighted by molar-refractivity contribution is 6.18. The summed E-state index contributed by atoms with van der Waals surface area (Å²) in [7, 11) is 0. The van der Waals surface area contributed by atoms with Crippen LogP contribution < -0.4 is 5.32 Å². The Morgan fingerprint density at radius 3 is 2.65 bits per heavy atom. The van der Waals surface area contributed by atoms with Crippen molar-refractivity contribution in [1.29, 1.82) is 0 Å². The number of carbonyl (C=O) groups excluding carboxylic acids is 1.